The molecule has 0 radical (unpaired) electrons. The van der Waals surface area contributed by atoms with Gasteiger partial charge in [0.25, 0.3) is 0 Å². The Hall–Kier alpha value is -4.05. The SMILES string of the molecule is O=C(O)C(F)(F)F.O=C(O)CCNCCc1ccc(OCCc2ccc(OCc3ccccc3)cc2)cc1. The zero-order valence-corrected chi connectivity index (χ0v) is 20.6. The van der Waals surface area contributed by atoms with E-state index in [1.54, 1.807) is 0 Å². The van der Waals surface area contributed by atoms with E-state index >= 15 is 0 Å². The van der Waals surface area contributed by atoms with E-state index in [9.17, 15) is 18.0 Å². The molecule has 0 spiro atoms. The minimum atomic E-state index is -5.08. The number of halogens is 3. The lowest BCUT2D eigenvalue weighted by atomic mass is 10.1. The number of aliphatic carboxylic acids is 2. The van der Waals surface area contributed by atoms with E-state index < -0.39 is 18.1 Å². The average Bonchev–Trinajstić information content (AvgIpc) is 2.89. The Kier molecular flexibility index (Phi) is 12.7. The zero-order valence-electron chi connectivity index (χ0n) is 20.6. The average molecular weight is 534 g/mol. The zero-order chi connectivity index (χ0) is 27.8. The monoisotopic (exact) mass is 533 g/mol. The Bertz CT molecular complexity index is 1100. The maximum atomic E-state index is 10.6. The number of carboxylic acid groups (broad SMARTS) is 2. The molecule has 0 saturated carbocycles. The van der Waals surface area contributed by atoms with Gasteiger partial charge in [0.05, 0.1) is 13.0 Å². The Morgan fingerprint density at radius 3 is 1.76 bits per heavy atom. The maximum absolute atomic E-state index is 10.6. The maximum Gasteiger partial charge on any atom is 0.490 e. The van der Waals surface area contributed by atoms with Crippen molar-refractivity contribution in [1.82, 2.24) is 5.32 Å². The summed E-state index contributed by atoms with van der Waals surface area (Å²) < 4.78 is 43.4. The number of nitrogens with one attached hydrogen (secondary N) is 1. The van der Waals surface area contributed by atoms with Crippen LogP contribution in [0.2, 0.25) is 0 Å². The summed E-state index contributed by atoms with van der Waals surface area (Å²) in [6.45, 7) is 2.44. The van der Waals surface area contributed by atoms with Crippen LogP contribution in [0.25, 0.3) is 0 Å². The van der Waals surface area contributed by atoms with Crippen molar-refractivity contribution >= 4 is 11.9 Å². The normalized spacial score (nSPS) is 10.7. The van der Waals surface area contributed by atoms with Crippen molar-refractivity contribution < 1.29 is 42.4 Å². The summed E-state index contributed by atoms with van der Waals surface area (Å²) in [5.74, 6) is -1.82. The molecule has 0 atom stereocenters. The lowest BCUT2D eigenvalue weighted by Crippen LogP contribution is -2.21. The minimum absolute atomic E-state index is 0.149. The molecule has 0 aliphatic rings. The molecule has 204 valence electrons. The molecule has 0 saturated heterocycles. The van der Waals surface area contributed by atoms with Crippen LogP contribution in [-0.2, 0) is 29.0 Å². The van der Waals surface area contributed by atoms with E-state index in [2.05, 4.69) is 29.6 Å². The van der Waals surface area contributed by atoms with Gasteiger partial charge in [-0.3, -0.25) is 4.79 Å². The van der Waals surface area contributed by atoms with Crippen LogP contribution >= 0.6 is 0 Å². The summed E-state index contributed by atoms with van der Waals surface area (Å²) in [5, 5.41) is 18.9. The molecule has 0 heterocycles. The minimum Gasteiger partial charge on any atom is -0.493 e. The molecular weight excluding hydrogens is 503 g/mol. The number of hydrogen-bond donors (Lipinski definition) is 3. The molecule has 3 N–H and O–H groups in total. The first-order valence-electron chi connectivity index (χ1n) is 11.8. The van der Waals surface area contributed by atoms with Crippen LogP contribution in [0.3, 0.4) is 0 Å². The van der Waals surface area contributed by atoms with Crippen LogP contribution < -0.4 is 14.8 Å². The van der Waals surface area contributed by atoms with E-state index in [4.69, 9.17) is 24.5 Å². The third kappa shape index (κ3) is 12.8. The van der Waals surface area contributed by atoms with Gasteiger partial charge in [-0.05, 0) is 53.9 Å². The van der Waals surface area contributed by atoms with E-state index in [0.717, 1.165) is 36.4 Å². The lowest BCUT2D eigenvalue weighted by Gasteiger charge is -2.09. The van der Waals surface area contributed by atoms with Gasteiger partial charge >= 0.3 is 18.1 Å². The fraction of sp³-hybridized carbons (Fsp3) is 0.286. The molecule has 0 aliphatic heterocycles. The summed E-state index contributed by atoms with van der Waals surface area (Å²) in [7, 11) is 0. The van der Waals surface area contributed by atoms with Gasteiger partial charge in [-0.1, -0.05) is 54.6 Å². The number of carboxylic acids is 2. The number of hydrogen-bond acceptors (Lipinski definition) is 5. The summed E-state index contributed by atoms with van der Waals surface area (Å²) in [5.41, 5.74) is 3.55. The van der Waals surface area contributed by atoms with Crippen molar-refractivity contribution in [3.63, 3.8) is 0 Å². The van der Waals surface area contributed by atoms with Crippen molar-refractivity contribution in [3.8, 4) is 11.5 Å². The predicted octanol–water partition coefficient (Wildman–Crippen LogP) is 5.13. The first kappa shape index (κ1) is 30.2. The number of carbonyl (C=O) groups is 2. The predicted molar refractivity (Wildman–Crippen MR) is 135 cm³/mol. The highest BCUT2D eigenvalue weighted by Crippen LogP contribution is 2.16. The molecule has 0 bridgehead atoms. The summed E-state index contributed by atoms with van der Waals surface area (Å²) in [6.07, 6.45) is -3.25. The van der Waals surface area contributed by atoms with Crippen molar-refractivity contribution in [2.75, 3.05) is 19.7 Å². The fourth-order valence-corrected chi connectivity index (χ4v) is 3.09. The van der Waals surface area contributed by atoms with Crippen LogP contribution in [0, 0.1) is 0 Å². The molecule has 7 nitrogen and oxygen atoms in total. The van der Waals surface area contributed by atoms with Crippen LogP contribution in [-0.4, -0.2) is 48.0 Å². The number of benzene rings is 3. The van der Waals surface area contributed by atoms with E-state index in [1.165, 1.54) is 11.1 Å². The molecule has 0 aliphatic carbocycles. The van der Waals surface area contributed by atoms with Gasteiger partial charge in [-0.15, -0.1) is 0 Å². The van der Waals surface area contributed by atoms with E-state index in [0.29, 0.717) is 19.8 Å². The van der Waals surface area contributed by atoms with Crippen molar-refractivity contribution in [3.05, 3.63) is 95.6 Å². The van der Waals surface area contributed by atoms with Crippen molar-refractivity contribution in [2.45, 2.75) is 32.0 Å². The first-order chi connectivity index (χ1) is 18.1. The standard InChI is InChI=1S/C26H29NO4.C2HF3O2/c28-26(29)15-18-27-17-14-21-6-10-24(11-7-21)30-19-16-22-8-12-25(13-9-22)31-20-23-4-2-1-3-5-23;3-2(4,5)1(6)7/h1-13,27H,14-20H2,(H,28,29);(H,6,7). The molecule has 0 aromatic heterocycles. The van der Waals surface area contributed by atoms with Gasteiger partial charge in [0.2, 0.25) is 0 Å². The van der Waals surface area contributed by atoms with Crippen molar-refractivity contribution in [2.24, 2.45) is 0 Å². The van der Waals surface area contributed by atoms with Gasteiger partial charge in [-0.2, -0.15) is 13.2 Å². The molecule has 38 heavy (non-hydrogen) atoms. The quantitative estimate of drug-likeness (QED) is 0.262. The highest BCUT2D eigenvalue weighted by atomic mass is 19.4. The van der Waals surface area contributed by atoms with Gasteiger partial charge in [0, 0.05) is 13.0 Å². The second kappa shape index (κ2) is 15.9. The molecule has 3 rings (SSSR count). The lowest BCUT2D eigenvalue weighted by molar-refractivity contribution is -0.192. The molecule has 0 unspecified atom stereocenters. The largest absolute Gasteiger partial charge is 0.493 e. The topological polar surface area (TPSA) is 105 Å². The molecule has 3 aromatic carbocycles. The first-order valence-corrected chi connectivity index (χ1v) is 11.8. The van der Waals surface area contributed by atoms with Crippen LogP contribution in [0.1, 0.15) is 23.1 Å². The van der Waals surface area contributed by atoms with Crippen LogP contribution in [0.5, 0.6) is 11.5 Å². The summed E-state index contributed by atoms with van der Waals surface area (Å²) >= 11 is 0. The smallest absolute Gasteiger partial charge is 0.490 e. The van der Waals surface area contributed by atoms with Crippen molar-refractivity contribution in [1.29, 1.82) is 0 Å². The summed E-state index contributed by atoms with van der Waals surface area (Å²) in [4.78, 5) is 19.4. The Morgan fingerprint density at radius 2 is 1.24 bits per heavy atom. The second-order valence-electron chi connectivity index (χ2n) is 8.11. The molecular formula is C28H30F3NO6. The van der Waals surface area contributed by atoms with Gasteiger partial charge in [-0.25, -0.2) is 4.79 Å². The highest BCUT2D eigenvalue weighted by Gasteiger charge is 2.38. The van der Waals surface area contributed by atoms with Crippen LogP contribution in [0.15, 0.2) is 78.9 Å². The Labute approximate surface area is 218 Å². The molecule has 0 fully saturated rings. The highest BCUT2D eigenvalue weighted by molar-refractivity contribution is 5.73. The number of ether oxygens (including phenoxy) is 2. The third-order valence-electron chi connectivity index (χ3n) is 5.10. The molecule has 3 aromatic rings. The Morgan fingerprint density at radius 1 is 0.711 bits per heavy atom. The van der Waals surface area contributed by atoms with E-state index in [1.807, 2.05) is 54.6 Å². The second-order valence-corrected chi connectivity index (χ2v) is 8.11. The van der Waals surface area contributed by atoms with Gasteiger partial charge in [0.15, 0.2) is 0 Å². The number of alkyl halides is 3. The number of rotatable bonds is 13. The fourth-order valence-electron chi connectivity index (χ4n) is 3.09. The Balaban J connectivity index is 0.000000638. The molecule has 10 heteroatoms. The van der Waals surface area contributed by atoms with Gasteiger partial charge in [0.1, 0.15) is 18.1 Å². The van der Waals surface area contributed by atoms with E-state index in [-0.39, 0.29) is 6.42 Å². The van der Waals surface area contributed by atoms with Gasteiger partial charge < -0.3 is 25.0 Å². The van der Waals surface area contributed by atoms with Crippen LogP contribution in [0.4, 0.5) is 13.2 Å². The third-order valence-corrected chi connectivity index (χ3v) is 5.10. The summed E-state index contributed by atoms with van der Waals surface area (Å²) in [6, 6.07) is 26.3. The molecule has 0 amide bonds.